The highest BCUT2D eigenvalue weighted by Gasteiger charge is 2.26. The van der Waals surface area contributed by atoms with Crippen LogP contribution in [0.3, 0.4) is 0 Å². The SMILES string of the molecule is CNCCN(C)C(=O)c1ccc(Nc2ncc(CNc3cc(C(=O)NC4CC4)c(F)cc3F)s2)nc1. The molecular weight excluding hydrogens is 488 g/mol. The van der Waals surface area contributed by atoms with E-state index < -0.39 is 17.5 Å². The van der Waals surface area contributed by atoms with E-state index in [4.69, 9.17) is 0 Å². The summed E-state index contributed by atoms with van der Waals surface area (Å²) in [4.78, 5) is 35.6. The molecular formula is C24H27F2N7O2S. The van der Waals surface area contributed by atoms with Crippen molar-refractivity contribution < 1.29 is 18.4 Å². The summed E-state index contributed by atoms with van der Waals surface area (Å²) < 4.78 is 28.4. The second-order valence-electron chi connectivity index (χ2n) is 8.43. The standard InChI is InChI=1S/C24H27F2N7O2S/c1-27-7-8-33(2)23(35)14-3-6-21(29-11-14)32-24-30-13-16(36-24)12-28-20-9-17(18(25)10-19(20)26)22(34)31-15-4-5-15/h3,6,9-11,13,15,27-28H,4-5,7-8,12H2,1-2H3,(H,31,34)(H,29,30,32). The number of nitrogens with one attached hydrogen (secondary N) is 4. The summed E-state index contributed by atoms with van der Waals surface area (Å²) in [6.45, 7) is 1.51. The number of thiazole rings is 1. The van der Waals surface area contributed by atoms with Crippen LogP contribution in [0, 0.1) is 11.6 Å². The van der Waals surface area contributed by atoms with E-state index in [0.717, 1.165) is 17.7 Å². The van der Waals surface area contributed by atoms with Gasteiger partial charge in [-0.15, -0.1) is 0 Å². The Balaban J connectivity index is 1.34. The molecule has 0 atom stereocenters. The quantitative estimate of drug-likeness (QED) is 0.310. The number of hydrogen-bond donors (Lipinski definition) is 4. The lowest BCUT2D eigenvalue weighted by molar-refractivity contribution is 0.0796. The molecule has 0 unspecified atom stereocenters. The molecule has 0 radical (unpaired) electrons. The molecule has 0 saturated heterocycles. The number of pyridine rings is 1. The van der Waals surface area contributed by atoms with Gasteiger partial charge < -0.3 is 26.2 Å². The second kappa shape index (κ2) is 11.4. The molecule has 1 aromatic carbocycles. The number of benzene rings is 1. The van der Waals surface area contributed by atoms with Gasteiger partial charge in [0.1, 0.15) is 17.5 Å². The van der Waals surface area contributed by atoms with E-state index in [1.165, 1.54) is 23.6 Å². The Morgan fingerprint density at radius 2 is 1.94 bits per heavy atom. The molecule has 0 aliphatic heterocycles. The fraction of sp³-hybridized carbons (Fsp3) is 0.333. The number of halogens is 2. The average molecular weight is 516 g/mol. The number of rotatable bonds is 11. The van der Waals surface area contributed by atoms with Crippen LogP contribution in [0.1, 0.15) is 38.4 Å². The highest BCUT2D eigenvalue weighted by Crippen LogP contribution is 2.26. The van der Waals surface area contributed by atoms with Crippen molar-refractivity contribution in [2.75, 3.05) is 37.8 Å². The molecule has 4 N–H and O–H groups in total. The summed E-state index contributed by atoms with van der Waals surface area (Å²) in [5.74, 6) is -1.83. The minimum absolute atomic E-state index is 0.0295. The van der Waals surface area contributed by atoms with Crippen LogP contribution < -0.4 is 21.3 Å². The van der Waals surface area contributed by atoms with Crippen LogP contribution in [-0.4, -0.2) is 59.9 Å². The third-order valence-corrected chi connectivity index (χ3v) is 6.42. The molecule has 2 amide bonds. The van der Waals surface area contributed by atoms with Crippen molar-refractivity contribution in [1.29, 1.82) is 0 Å². The molecule has 1 aliphatic carbocycles. The number of nitrogens with zero attached hydrogens (tertiary/aromatic N) is 3. The number of carbonyl (C=O) groups is 2. The predicted molar refractivity (Wildman–Crippen MR) is 135 cm³/mol. The van der Waals surface area contributed by atoms with E-state index in [2.05, 4.69) is 31.2 Å². The molecule has 4 rings (SSSR count). The van der Waals surface area contributed by atoms with Crippen LogP contribution in [0.5, 0.6) is 0 Å². The average Bonchev–Trinajstić information content (AvgIpc) is 3.57. The van der Waals surface area contributed by atoms with Crippen molar-refractivity contribution in [1.82, 2.24) is 25.5 Å². The van der Waals surface area contributed by atoms with E-state index >= 15 is 0 Å². The summed E-state index contributed by atoms with van der Waals surface area (Å²) in [6, 6.07) is 5.35. The van der Waals surface area contributed by atoms with Gasteiger partial charge in [-0.3, -0.25) is 9.59 Å². The summed E-state index contributed by atoms with van der Waals surface area (Å²) in [6.07, 6.45) is 4.86. The van der Waals surface area contributed by atoms with Crippen LogP contribution in [0.15, 0.2) is 36.7 Å². The first-order chi connectivity index (χ1) is 17.3. The van der Waals surface area contributed by atoms with E-state index in [1.54, 1.807) is 30.3 Å². The first-order valence-corrected chi connectivity index (χ1v) is 12.3. The number of likely N-dealkylation sites (N-methyl/N-ethyl adjacent to an activating group) is 2. The zero-order chi connectivity index (χ0) is 25.7. The normalized spacial score (nSPS) is 12.8. The Hall–Kier alpha value is -3.64. The van der Waals surface area contributed by atoms with Gasteiger partial charge in [-0.05, 0) is 38.1 Å². The van der Waals surface area contributed by atoms with Crippen LogP contribution in [0.4, 0.5) is 25.4 Å². The van der Waals surface area contributed by atoms with Crippen LogP contribution >= 0.6 is 11.3 Å². The van der Waals surface area contributed by atoms with Gasteiger partial charge in [0, 0.05) is 49.5 Å². The Kier molecular flexibility index (Phi) is 8.06. The molecule has 0 bridgehead atoms. The lowest BCUT2D eigenvalue weighted by Crippen LogP contribution is -2.32. The molecule has 1 saturated carbocycles. The zero-order valence-corrected chi connectivity index (χ0v) is 20.7. The van der Waals surface area contributed by atoms with E-state index in [0.29, 0.717) is 35.7 Å². The van der Waals surface area contributed by atoms with Gasteiger partial charge in [0.05, 0.1) is 23.4 Å². The van der Waals surface area contributed by atoms with E-state index in [1.807, 2.05) is 7.05 Å². The predicted octanol–water partition coefficient (Wildman–Crippen LogP) is 3.36. The van der Waals surface area contributed by atoms with Gasteiger partial charge in [0.25, 0.3) is 11.8 Å². The summed E-state index contributed by atoms with van der Waals surface area (Å²) >= 11 is 1.32. The number of anilines is 3. The molecule has 1 fully saturated rings. The molecule has 3 aromatic rings. The maximum atomic E-state index is 14.3. The lowest BCUT2D eigenvalue weighted by Gasteiger charge is -2.16. The number of aromatic nitrogens is 2. The molecule has 1 aliphatic rings. The Morgan fingerprint density at radius 3 is 2.64 bits per heavy atom. The number of carbonyl (C=O) groups excluding carboxylic acids is 2. The molecule has 36 heavy (non-hydrogen) atoms. The first-order valence-electron chi connectivity index (χ1n) is 11.5. The van der Waals surface area contributed by atoms with Gasteiger partial charge in [-0.2, -0.15) is 0 Å². The van der Waals surface area contributed by atoms with Crippen molar-refractivity contribution in [3.05, 3.63) is 64.3 Å². The lowest BCUT2D eigenvalue weighted by atomic mass is 10.1. The van der Waals surface area contributed by atoms with Crippen molar-refractivity contribution in [2.24, 2.45) is 0 Å². The molecule has 190 valence electrons. The van der Waals surface area contributed by atoms with E-state index in [-0.39, 0.29) is 29.7 Å². The van der Waals surface area contributed by atoms with E-state index in [9.17, 15) is 18.4 Å². The number of amides is 2. The molecule has 0 spiro atoms. The van der Waals surface area contributed by atoms with Gasteiger partial charge in [-0.25, -0.2) is 18.7 Å². The van der Waals surface area contributed by atoms with Gasteiger partial charge in [-0.1, -0.05) is 11.3 Å². The van der Waals surface area contributed by atoms with Crippen molar-refractivity contribution in [3.8, 4) is 0 Å². The Morgan fingerprint density at radius 1 is 1.14 bits per heavy atom. The minimum atomic E-state index is -0.898. The van der Waals surface area contributed by atoms with Gasteiger partial charge >= 0.3 is 0 Å². The largest absolute Gasteiger partial charge is 0.378 e. The van der Waals surface area contributed by atoms with Crippen LogP contribution in [-0.2, 0) is 6.54 Å². The molecule has 9 nitrogen and oxygen atoms in total. The summed E-state index contributed by atoms with van der Waals surface area (Å²) in [5.41, 5.74) is 0.315. The second-order valence-corrected chi connectivity index (χ2v) is 9.55. The fourth-order valence-corrected chi connectivity index (χ4v) is 4.04. The van der Waals surface area contributed by atoms with Crippen LogP contribution in [0.25, 0.3) is 0 Å². The third-order valence-electron chi connectivity index (χ3n) is 5.51. The maximum absolute atomic E-state index is 14.3. The summed E-state index contributed by atoms with van der Waals surface area (Å²) in [7, 11) is 3.56. The van der Waals surface area contributed by atoms with Gasteiger partial charge in [0.2, 0.25) is 0 Å². The van der Waals surface area contributed by atoms with Crippen molar-refractivity contribution >= 4 is 39.8 Å². The maximum Gasteiger partial charge on any atom is 0.255 e. The Labute approximate surface area is 211 Å². The highest BCUT2D eigenvalue weighted by molar-refractivity contribution is 7.15. The van der Waals surface area contributed by atoms with Crippen molar-refractivity contribution in [3.63, 3.8) is 0 Å². The molecule has 2 heterocycles. The topological polar surface area (TPSA) is 111 Å². The third kappa shape index (κ3) is 6.52. The highest BCUT2D eigenvalue weighted by atomic mass is 32.1. The number of hydrogen-bond acceptors (Lipinski definition) is 8. The molecule has 2 aromatic heterocycles. The summed E-state index contributed by atoms with van der Waals surface area (Å²) in [5, 5.41) is 12.2. The molecule has 12 heteroatoms. The first kappa shape index (κ1) is 25.5. The van der Waals surface area contributed by atoms with Gasteiger partial charge in [0.15, 0.2) is 5.13 Å². The zero-order valence-electron chi connectivity index (χ0n) is 19.9. The Bertz CT molecular complexity index is 1230. The fourth-order valence-electron chi connectivity index (χ4n) is 3.28. The van der Waals surface area contributed by atoms with Crippen LogP contribution in [0.2, 0.25) is 0 Å². The minimum Gasteiger partial charge on any atom is -0.378 e. The smallest absolute Gasteiger partial charge is 0.255 e. The van der Waals surface area contributed by atoms with Crippen molar-refractivity contribution in [2.45, 2.75) is 25.4 Å². The monoisotopic (exact) mass is 515 g/mol.